The molecular weight excluding hydrogens is 435 g/mol. The Bertz CT molecular complexity index is 1230. The van der Waals surface area contributed by atoms with E-state index >= 15 is 0 Å². The van der Waals surface area contributed by atoms with Crippen LogP contribution in [0.15, 0.2) is 42.6 Å². The molecular formula is C24H22ClFN2O4. The van der Waals surface area contributed by atoms with Crippen molar-refractivity contribution in [3.8, 4) is 5.69 Å². The fourth-order valence-electron chi connectivity index (χ4n) is 4.26. The zero-order chi connectivity index (χ0) is 23.0. The molecule has 0 bridgehead atoms. The minimum absolute atomic E-state index is 0.0111. The summed E-state index contributed by atoms with van der Waals surface area (Å²) in [6.45, 7) is 2.45. The van der Waals surface area contributed by atoms with Gasteiger partial charge in [-0.25, -0.2) is 4.39 Å². The van der Waals surface area contributed by atoms with E-state index in [0.29, 0.717) is 53.6 Å². The summed E-state index contributed by atoms with van der Waals surface area (Å²) in [7, 11) is 0. The number of aliphatic carboxylic acids is 1. The molecule has 1 fully saturated rings. The second-order valence-corrected chi connectivity index (χ2v) is 8.54. The second kappa shape index (κ2) is 8.74. The first-order chi connectivity index (χ1) is 15.2. The van der Waals surface area contributed by atoms with Crippen LogP contribution in [0.1, 0.15) is 46.9 Å². The lowest BCUT2D eigenvalue weighted by atomic mass is 9.93. The monoisotopic (exact) mass is 456 g/mol. The second-order valence-electron chi connectivity index (χ2n) is 8.13. The highest BCUT2D eigenvalue weighted by molar-refractivity contribution is 6.30. The Morgan fingerprint density at radius 2 is 1.84 bits per heavy atom. The first-order valence-electron chi connectivity index (χ1n) is 10.4. The number of carbonyl (C=O) groups excluding carboxylic acids is 2. The van der Waals surface area contributed by atoms with Gasteiger partial charge in [0.15, 0.2) is 5.78 Å². The van der Waals surface area contributed by atoms with Gasteiger partial charge in [-0.2, -0.15) is 0 Å². The quantitative estimate of drug-likeness (QED) is 0.551. The fourth-order valence-corrected chi connectivity index (χ4v) is 4.38. The summed E-state index contributed by atoms with van der Waals surface area (Å²) in [5, 5.41) is 9.59. The number of likely N-dealkylation sites (tertiary alicyclic amines) is 1. The minimum Gasteiger partial charge on any atom is -0.481 e. The lowest BCUT2D eigenvalue weighted by molar-refractivity contribution is -0.138. The molecule has 8 heteroatoms. The summed E-state index contributed by atoms with van der Waals surface area (Å²) in [6, 6.07) is 9.55. The van der Waals surface area contributed by atoms with Crippen molar-refractivity contribution in [1.29, 1.82) is 0 Å². The van der Waals surface area contributed by atoms with Gasteiger partial charge >= 0.3 is 5.97 Å². The predicted molar refractivity (Wildman–Crippen MR) is 119 cm³/mol. The number of ketones is 1. The van der Waals surface area contributed by atoms with Gasteiger partial charge in [-0.3, -0.25) is 14.4 Å². The summed E-state index contributed by atoms with van der Waals surface area (Å²) in [5.74, 6) is -1.62. The van der Waals surface area contributed by atoms with E-state index in [0.717, 1.165) is 0 Å². The maximum atomic E-state index is 14.0. The molecule has 0 atom stereocenters. The molecule has 4 rings (SSSR count). The van der Waals surface area contributed by atoms with E-state index in [1.807, 2.05) is 0 Å². The Balaban J connectivity index is 1.66. The van der Waals surface area contributed by atoms with Crippen molar-refractivity contribution in [3.05, 3.63) is 64.6 Å². The number of rotatable bonds is 5. The summed E-state index contributed by atoms with van der Waals surface area (Å²) in [4.78, 5) is 38.0. The molecule has 2 heterocycles. The molecule has 0 unspecified atom stereocenters. The van der Waals surface area contributed by atoms with Crippen LogP contribution in [0.4, 0.5) is 4.39 Å². The number of fused-ring (bicyclic) bond motifs is 1. The van der Waals surface area contributed by atoms with Crippen LogP contribution in [0, 0.1) is 11.7 Å². The molecule has 1 saturated heterocycles. The first-order valence-corrected chi connectivity index (χ1v) is 10.7. The number of carboxylic acids is 1. The van der Waals surface area contributed by atoms with E-state index in [9.17, 15) is 18.8 Å². The van der Waals surface area contributed by atoms with Crippen LogP contribution < -0.4 is 0 Å². The molecule has 0 radical (unpaired) electrons. The van der Waals surface area contributed by atoms with E-state index in [1.165, 1.54) is 19.1 Å². The number of hydrogen-bond acceptors (Lipinski definition) is 3. The van der Waals surface area contributed by atoms with Gasteiger partial charge in [0.25, 0.3) is 5.91 Å². The van der Waals surface area contributed by atoms with E-state index in [1.54, 1.807) is 39.9 Å². The number of aromatic nitrogens is 1. The van der Waals surface area contributed by atoms with Crippen LogP contribution in [-0.2, 0) is 4.79 Å². The number of piperidine rings is 1. The topological polar surface area (TPSA) is 79.6 Å². The average Bonchev–Trinajstić information content (AvgIpc) is 3.14. The highest BCUT2D eigenvalue weighted by Gasteiger charge is 2.26. The molecule has 0 aliphatic carbocycles. The molecule has 1 aromatic heterocycles. The van der Waals surface area contributed by atoms with Gasteiger partial charge in [-0.15, -0.1) is 0 Å². The van der Waals surface area contributed by atoms with E-state index in [2.05, 4.69) is 0 Å². The number of amides is 1. The number of benzene rings is 2. The van der Waals surface area contributed by atoms with Crippen molar-refractivity contribution in [3.63, 3.8) is 0 Å². The van der Waals surface area contributed by atoms with Crippen molar-refractivity contribution in [2.24, 2.45) is 5.92 Å². The summed E-state index contributed by atoms with van der Waals surface area (Å²) in [6.07, 6.45) is 3.06. The predicted octanol–water partition coefficient (Wildman–Crippen LogP) is 4.95. The Hall–Kier alpha value is -3.19. The SMILES string of the molecule is CC(=O)c1cn(-c2ccc(Cl)c(F)c2)c2ccc(C(=O)N3CCC(CC(=O)O)CC3)cc12. The highest BCUT2D eigenvalue weighted by atomic mass is 35.5. The molecule has 2 aromatic carbocycles. The molecule has 166 valence electrons. The zero-order valence-electron chi connectivity index (χ0n) is 17.5. The molecule has 3 aromatic rings. The van der Waals surface area contributed by atoms with E-state index in [-0.39, 0.29) is 29.1 Å². The Morgan fingerprint density at radius 1 is 1.12 bits per heavy atom. The van der Waals surface area contributed by atoms with Gasteiger partial charge in [0, 0.05) is 47.9 Å². The van der Waals surface area contributed by atoms with E-state index < -0.39 is 11.8 Å². The molecule has 1 aliphatic heterocycles. The lowest BCUT2D eigenvalue weighted by Crippen LogP contribution is -2.38. The van der Waals surface area contributed by atoms with Crippen LogP contribution in [0.2, 0.25) is 5.02 Å². The van der Waals surface area contributed by atoms with Gasteiger partial charge < -0.3 is 14.6 Å². The van der Waals surface area contributed by atoms with Crippen molar-refractivity contribution >= 4 is 40.2 Å². The zero-order valence-corrected chi connectivity index (χ0v) is 18.2. The van der Waals surface area contributed by atoms with Crippen LogP contribution in [0.5, 0.6) is 0 Å². The van der Waals surface area contributed by atoms with E-state index in [4.69, 9.17) is 16.7 Å². The van der Waals surface area contributed by atoms with Crippen molar-refractivity contribution < 1.29 is 23.9 Å². The average molecular weight is 457 g/mol. The van der Waals surface area contributed by atoms with Crippen molar-refractivity contribution in [1.82, 2.24) is 9.47 Å². The number of nitrogens with zero attached hydrogens (tertiary/aromatic N) is 2. The van der Waals surface area contributed by atoms with Crippen molar-refractivity contribution in [2.75, 3.05) is 13.1 Å². The smallest absolute Gasteiger partial charge is 0.303 e. The third-order valence-corrected chi connectivity index (χ3v) is 6.28. The number of hydrogen-bond donors (Lipinski definition) is 1. The third-order valence-electron chi connectivity index (χ3n) is 5.98. The van der Waals surface area contributed by atoms with Gasteiger partial charge in [0.1, 0.15) is 5.82 Å². The molecule has 1 amide bonds. The first kappa shape index (κ1) is 22.0. The summed E-state index contributed by atoms with van der Waals surface area (Å²) < 4.78 is 15.7. The number of carbonyl (C=O) groups is 3. The van der Waals surface area contributed by atoms with Gasteiger partial charge in [-0.1, -0.05) is 11.6 Å². The normalized spacial score (nSPS) is 14.7. The van der Waals surface area contributed by atoms with Crippen molar-refractivity contribution in [2.45, 2.75) is 26.2 Å². The number of Topliss-reactive ketones (excluding diaryl/α,β-unsaturated/α-hetero) is 1. The maximum Gasteiger partial charge on any atom is 0.303 e. The fraction of sp³-hybridized carbons (Fsp3) is 0.292. The molecule has 32 heavy (non-hydrogen) atoms. The van der Waals surface area contributed by atoms with Crippen LogP contribution in [0.25, 0.3) is 16.6 Å². The van der Waals surface area contributed by atoms with Crippen LogP contribution in [0.3, 0.4) is 0 Å². The third kappa shape index (κ3) is 4.25. The summed E-state index contributed by atoms with van der Waals surface area (Å²) in [5.41, 5.74) is 2.08. The Morgan fingerprint density at radius 3 is 2.47 bits per heavy atom. The molecule has 6 nitrogen and oxygen atoms in total. The van der Waals surface area contributed by atoms with Gasteiger partial charge in [0.2, 0.25) is 0 Å². The van der Waals surface area contributed by atoms with Crippen LogP contribution >= 0.6 is 11.6 Å². The Labute approximate surface area is 189 Å². The molecule has 0 saturated carbocycles. The minimum atomic E-state index is -0.818. The Kier molecular flexibility index (Phi) is 6.02. The highest BCUT2D eigenvalue weighted by Crippen LogP contribution is 2.29. The van der Waals surface area contributed by atoms with Gasteiger partial charge in [-0.05, 0) is 62.1 Å². The molecule has 0 spiro atoms. The molecule has 1 N–H and O–H groups in total. The largest absolute Gasteiger partial charge is 0.481 e. The summed E-state index contributed by atoms with van der Waals surface area (Å²) >= 11 is 5.80. The molecule has 1 aliphatic rings. The van der Waals surface area contributed by atoms with Gasteiger partial charge in [0.05, 0.1) is 10.5 Å². The van der Waals surface area contributed by atoms with Crippen LogP contribution in [-0.4, -0.2) is 45.3 Å². The maximum absolute atomic E-state index is 14.0. The lowest BCUT2D eigenvalue weighted by Gasteiger charge is -2.31. The number of carboxylic acid groups (broad SMARTS) is 1. The number of halogens is 2. The standard InChI is InChI=1S/C24H22ClFN2O4/c1-14(29)19-13-28(17-3-4-20(25)21(26)12-17)22-5-2-16(11-18(19)22)24(32)27-8-6-15(7-9-27)10-23(30)31/h2-5,11-13,15H,6-10H2,1H3,(H,30,31).